The van der Waals surface area contributed by atoms with Gasteiger partial charge >= 0.3 is 24.1 Å². The molecule has 0 amide bonds. The number of ether oxygens (including phenoxy) is 10. The van der Waals surface area contributed by atoms with Gasteiger partial charge in [-0.2, -0.15) is 0 Å². The van der Waals surface area contributed by atoms with Gasteiger partial charge in [0, 0.05) is 39.8 Å². The predicted molar refractivity (Wildman–Crippen MR) is 216 cm³/mol. The topological polar surface area (TPSA) is 187 Å². The number of likely N-dealkylation sites (N-methyl/N-ethyl adjacent to an activating group) is 1. The Morgan fingerprint density at radius 3 is 2.12 bits per heavy atom. The lowest BCUT2D eigenvalue weighted by atomic mass is 9.80. The molecule has 0 bridgehead atoms. The standard InChI is InChI=1S/C43H74N2O15/c1-16-32-43(12)37(59-41(50)60-43)27(7)45(21-46)20-22(2)17-23(3)34(58-40-36(54-29(9)47)31(44(13)14)18-24(4)52-40)25(5)35(26(6)39(49)56-32)57-33-19-42(11,51-15)38(28(8)53-33)55-30(10)48/h22-28,31-38,40,46H,16-21H2,1-15H3/t22-,23+,24-,25-,26-,27-,28+,31+,32-,33+,34+,35+,36-,37-,38+,40+,42-,43-/m1/s1. The Kier molecular flexibility index (Phi) is 17.2. The Morgan fingerprint density at radius 2 is 1.55 bits per heavy atom. The summed E-state index contributed by atoms with van der Waals surface area (Å²) >= 11 is 0. The van der Waals surface area contributed by atoms with Crippen LogP contribution in [0.2, 0.25) is 0 Å². The van der Waals surface area contributed by atoms with Crippen LogP contribution in [-0.2, 0) is 61.8 Å². The number of methoxy groups -OCH3 is 1. The molecule has 0 spiro atoms. The Bertz CT molecular complexity index is 1470. The third-order valence-corrected chi connectivity index (χ3v) is 13.2. The van der Waals surface area contributed by atoms with Crippen LogP contribution in [0.15, 0.2) is 0 Å². The molecule has 0 aromatic heterocycles. The van der Waals surface area contributed by atoms with E-state index in [1.807, 2.05) is 58.5 Å². The Hall–Kier alpha value is -2.64. The fourth-order valence-electron chi connectivity index (χ4n) is 10.0. The quantitative estimate of drug-likeness (QED) is 0.240. The van der Waals surface area contributed by atoms with Gasteiger partial charge in [0.25, 0.3) is 0 Å². The summed E-state index contributed by atoms with van der Waals surface area (Å²) < 4.78 is 62.4. The fraction of sp³-hybridized carbons (Fsp3) is 0.907. The summed E-state index contributed by atoms with van der Waals surface area (Å²) in [6.07, 6.45) is -6.99. The molecule has 4 rings (SSSR count). The van der Waals surface area contributed by atoms with E-state index < -0.39 is 108 Å². The van der Waals surface area contributed by atoms with Gasteiger partial charge in [-0.05, 0) is 86.7 Å². The van der Waals surface area contributed by atoms with E-state index in [2.05, 4.69) is 13.8 Å². The van der Waals surface area contributed by atoms with Crippen LogP contribution in [0.4, 0.5) is 4.79 Å². The predicted octanol–water partition coefficient (Wildman–Crippen LogP) is 4.43. The van der Waals surface area contributed by atoms with Crippen LogP contribution >= 0.6 is 0 Å². The van der Waals surface area contributed by atoms with Crippen molar-refractivity contribution in [2.24, 2.45) is 23.7 Å². The molecule has 18 atom stereocenters. The number of esters is 3. The van der Waals surface area contributed by atoms with Gasteiger partial charge in [-0.25, -0.2) is 4.79 Å². The van der Waals surface area contributed by atoms with E-state index in [1.54, 1.807) is 20.8 Å². The van der Waals surface area contributed by atoms with E-state index in [0.29, 0.717) is 19.4 Å². The molecule has 1 N–H and O–H groups in total. The molecule has 0 aromatic rings. The molecule has 0 aliphatic carbocycles. The molecule has 60 heavy (non-hydrogen) atoms. The van der Waals surface area contributed by atoms with Crippen molar-refractivity contribution >= 4 is 24.1 Å². The van der Waals surface area contributed by atoms with E-state index >= 15 is 0 Å². The molecule has 4 fully saturated rings. The van der Waals surface area contributed by atoms with Crippen molar-refractivity contribution in [2.45, 2.75) is 193 Å². The Morgan fingerprint density at radius 1 is 0.900 bits per heavy atom. The minimum atomic E-state index is -1.39. The van der Waals surface area contributed by atoms with Crippen molar-refractivity contribution < 1.29 is 71.7 Å². The van der Waals surface area contributed by atoms with Gasteiger partial charge in [0.2, 0.25) is 0 Å². The summed E-state index contributed by atoms with van der Waals surface area (Å²) in [7, 11) is 5.38. The lowest BCUT2D eigenvalue weighted by molar-refractivity contribution is -0.311. The van der Waals surface area contributed by atoms with Gasteiger partial charge in [-0.3, -0.25) is 19.3 Å². The maximum absolute atomic E-state index is 14.6. The van der Waals surface area contributed by atoms with Crippen molar-refractivity contribution in [2.75, 3.05) is 34.5 Å². The van der Waals surface area contributed by atoms with Crippen molar-refractivity contribution in [1.82, 2.24) is 9.80 Å². The molecule has 0 radical (unpaired) electrons. The number of carbonyl (C=O) groups is 4. The van der Waals surface area contributed by atoms with Crippen LogP contribution in [0.5, 0.6) is 0 Å². The first-order valence-electron chi connectivity index (χ1n) is 21.6. The molecule has 4 aliphatic heterocycles. The number of hydrogen-bond donors (Lipinski definition) is 1. The Balaban J connectivity index is 1.85. The zero-order valence-electron chi connectivity index (χ0n) is 38.5. The van der Waals surface area contributed by atoms with Crippen molar-refractivity contribution in [1.29, 1.82) is 0 Å². The van der Waals surface area contributed by atoms with Crippen LogP contribution < -0.4 is 0 Å². The minimum absolute atomic E-state index is 0.0351. The number of cyclic esters (lactones) is 1. The third kappa shape index (κ3) is 11.3. The number of fused-ring (bicyclic) bond motifs is 1. The maximum atomic E-state index is 14.6. The summed E-state index contributed by atoms with van der Waals surface area (Å²) in [5.74, 6) is -3.36. The van der Waals surface area contributed by atoms with Crippen LogP contribution in [0.25, 0.3) is 0 Å². The summed E-state index contributed by atoms with van der Waals surface area (Å²) in [5, 5.41) is 10.7. The summed E-state index contributed by atoms with van der Waals surface area (Å²) in [4.78, 5) is 56.0. The van der Waals surface area contributed by atoms with Crippen LogP contribution in [0.3, 0.4) is 0 Å². The van der Waals surface area contributed by atoms with Crippen molar-refractivity contribution in [3.63, 3.8) is 0 Å². The first-order chi connectivity index (χ1) is 28.0. The summed E-state index contributed by atoms with van der Waals surface area (Å²) in [5.41, 5.74) is -2.40. The molecule has 17 heteroatoms. The number of aliphatic hydroxyl groups is 1. The molecule has 4 aliphatic rings. The number of carbonyl (C=O) groups excluding carboxylic acids is 4. The highest BCUT2D eigenvalue weighted by atomic mass is 16.8. The lowest BCUT2D eigenvalue weighted by Crippen LogP contribution is -2.60. The average Bonchev–Trinajstić information content (AvgIpc) is 3.48. The van der Waals surface area contributed by atoms with Gasteiger partial charge in [0.15, 0.2) is 36.5 Å². The second kappa shape index (κ2) is 20.7. The van der Waals surface area contributed by atoms with Crippen molar-refractivity contribution in [3.05, 3.63) is 0 Å². The first kappa shape index (κ1) is 50.0. The Labute approximate surface area is 356 Å². The molecule has 0 saturated carbocycles. The molecule has 346 valence electrons. The minimum Gasteiger partial charge on any atom is -0.458 e. The van der Waals surface area contributed by atoms with E-state index in [1.165, 1.54) is 21.0 Å². The molecule has 0 unspecified atom stereocenters. The zero-order valence-corrected chi connectivity index (χ0v) is 38.5. The number of hydrogen-bond acceptors (Lipinski definition) is 17. The molecular weight excluding hydrogens is 784 g/mol. The van der Waals surface area contributed by atoms with Gasteiger partial charge in [-0.1, -0.05) is 27.7 Å². The summed E-state index contributed by atoms with van der Waals surface area (Å²) in [6.45, 7) is 21.5. The van der Waals surface area contributed by atoms with E-state index in [0.717, 1.165) is 0 Å². The fourth-order valence-corrected chi connectivity index (χ4v) is 10.0. The highest BCUT2D eigenvalue weighted by Crippen LogP contribution is 2.42. The van der Waals surface area contributed by atoms with Gasteiger partial charge < -0.3 is 57.4 Å². The largest absolute Gasteiger partial charge is 0.509 e. The third-order valence-electron chi connectivity index (χ3n) is 13.2. The van der Waals surface area contributed by atoms with Gasteiger partial charge in [-0.15, -0.1) is 0 Å². The normalized spacial score (nSPS) is 43.8. The SMILES string of the molecule is CC[C@H]1OC(=O)[C@H](C)[C@@H](O[C@H]2C[C@@](C)(OC)[C@@H](OC(C)=O)[C@H](C)O2)[C@H](C)[C@@H](O[C@@H]2O[C@H](C)C[C@H](N(C)C)[C@H]2OC(C)=O)[C@@H](C)C[C@@H](C)CN(CO)[C@H](C)[C@H]2OC(=O)O[C@@]21C. The molecule has 0 aromatic carbocycles. The van der Waals surface area contributed by atoms with E-state index in [4.69, 9.17) is 47.4 Å². The highest BCUT2D eigenvalue weighted by Gasteiger charge is 2.58. The highest BCUT2D eigenvalue weighted by molar-refractivity contribution is 5.73. The van der Waals surface area contributed by atoms with Crippen molar-refractivity contribution in [3.8, 4) is 0 Å². The monoisotopic (exact) mass is 859 g/mol. The second-order valence-electron chi connectivity index (χ2n) is 18.4. The van der Waals surface area contributed by atoms with Crippen LogP contribution in [0.1, 0.15) is 109 Å². The summed E-state index contributed by atoms with van der Waals surface area (Å²) in [6, 6.07) is -0.741. The average molecular weight is 859 g/mol. The zero-order chi connectivity index (χ0) is 45.0. The second-order valence-corrected chi connectivity index (χ2v) is 18.4. The van der Waals surface area contributed by atoms with E-state index in [9.17, 15) is 24.3 Å². The van der Waals surface area contributed by atoms with Gasteiger partial charge in [0.1, 0.15) is 11.7 Å². The van der Waals surface area contributed by atoms with E-state index in [-0.39, 0.29) is 43.6 Å². The number of rotatable bonds is 10. The molecule has 4 heterocycles. The number of aliphatic hydroxyl groups excluding tert-OH is 1. The first-order valence-corrected chi connectivity index (χ1v) is 21.6. The number of nitrogens with zero attached hydrogens (tertiary/aromatic N) is 2. The van der Waals surface area contributed by atoms with Crippen LogP contribution in [0, 0.1) is 23.7 Å². The maximum Gasteiger partial charge on any atom is 0.509 e. The lowest BCUT2D eigenvalue weighted by Gasteiger charge is -2.48. The van der Waals surface area contributed by atoms with Crippen LogP contribution in [-0.4, -0.2) is 158 Å². The smallest absolute Gasteiger partial charge is 0.458 e. The molecule has 17 nitrogen and oxygen atoms in total. The molecule has 4 saturated heterocycles. The molecular formula is C43H74N2O15. The van der Waals surface area contributed by atoms with Gasteiger partial charge in [0.05, 0.1) is 49.1 Å².